The number of hydrogen-bond donors (Lipinski definition) is 0. The highest BCUT2D eigenvalue weighted by Gasteiger charge is 2.28. The first kappa shape index (κ1) is 11.2. The number of rotatable bonds is 4. The highest BCUT2D eigenvalue weighted by molar-refractivity contribution is 8.14. The van der Waals surface area contributed by atoms with Gasteiger partial charge < -0.3 is 0 Å². The van der Waals surface area contributed by atoms with Gasteiger partial charge in [-0.15, -0.1) is 0 Å². The van der Waals surface area contributed by atoms with Gasteiger partial charge in [-0.25, -0.2) is 8.42 Å². The first-order valence-electron chi connectivity index (χ1n) is 3.02. The summed E-state index contributed by atoms with van der Waals surface area (Å²) in [5.41, 5.74) is 0. The van der Waals surface area contributed by atoms with Gasteiger partial charge in [0, 0.05) is 10.7 Å². The van der Waals surface area contributed by atoms with Crippen molar-refractivity contribution in [1.29, 1.82) is 0 Å². The maximum atomic E-state index is 10.6. The van der Waals surface area contributed by atoms with Gasteiger partial charge in [0.25, 0.3) is 0 Å². The van der Waals surface area contributed by atoms with Crippen LogP contribution < -0.4 is 0 Å². The molecule has 0 bridgehead atoms. The second-order valence-corrected chi connectivity index (χ2v) is 5.24. The Hall–Kier alpha value is 0.200. The zero-order valence-electron chi connectivity index (χ0n) is 5.88. The van der Waals surface area contributed by atoms with E-state index >= 15 is 0 Å². The predicted molar refractivity (Wildman–Crippen MR) is 44.3 cm³/mol. The predicted octanol–water partition coefficient (Wildman–Crippen LogP) is 1.49. The molecule has 6 heteroatoms. The average molecular weight is 219 g/mol. The van der Waals surface area contributed by atoms with E-state index in [-0.39, 0.29) is 6.42 Å². The van der Waals surface area contributed by atoms with Crippen LogP contribution >= 0.6 is 22.3 Å². The van der Waals surface area contributed by atoms with Crippen LogP contribution in [0.4, 0.5) is 0 Å². The zero-order valence-corrected chi connectivity index (χ0v) is 8.21. The molecule has 0 aromatic carbocycles. The smallest absolute Gasteiger partial charge is 0.243 e. The molecule has 0 aromatic rings. The van der Waals surface area contributed by atoms with Gasteiger partial charge in [0.05, 0.1) is 0 Å². The zero-order chi connectivity index (χ0) is 9.07. The lowest BCUT2D eigenvalue weighted by Gasteiger charge is -2.05. The third-order valence-corrected chi connectivity index (χ3v) is 3.31. The number of carbonyl (C=O) groups is 1. The van der Waals surface area contributed by atoms with E-state index in [9.17, 15) is 13.2 Å². The van der Waals surface area contributed by atoms with Crippen molar-refractivity contribution in [3.63, 3.8) is 0 Å². The van der Waals surface area contributed by atoms with Gasteiger partial charge in [0.15, 0.2) is 0 Å². The quantitative estimate of drug-likeness (QED) is 0.673. The fourth-order valence-electron chi connectivity index (χ4n) is 0.627. The minimum atomic E-state index is -3.84. The summed E-state index contributed by atoms with van der Waals surface area (Å²) in [6.07, 6.45) is 0.725. The van der Waals surface area contributed by atoms with Gasteiger partial charge in [0.2, 0.25) is 14.3 Å². The van der Waals surface area contributed by atoms with Crippen molar-refractivity contribution in [2.75, 3.05) is 0 Å². The van der Waals surface area contributed by atoms with E-state index in [1.54, 1.807) is 6.92 Å². The SMILES string of the molecule is CCCC(C(=O)Cl)S(=O)(=O)Cl. The maximum absolute atomic E-state index is 10.6. The van der Waals surface area contributed by atoms with Crippen LogP contribution in [0.1, 0.15) is 19.8 Å². The summed E-state index contributed by atoms with van der Waals surface area (Å²) in [5.74, 6) is 0. The van der Waals surface area contributed by atoms with E-state index < -0.39 is 19.5 Å². The van der Waals surface area contributed by atoms with E-state index in [2.05, 4.69) is 0 Å². The van der Waals surface area contributed by atoms with Crippen molar-refractivity contribution in [2.24, 2.45) is 0 Å². The molecule has 0 aliphatic heterocycles. The Balaban J connectivity index is 4.49. The molecule has 0 heterocycles. The molecule has 3 nitrogen and oxygen atoms in total. The second kappa shape index (κ2) is 4.28. The molecule has 0 N–H and O–H groups in total. The Morgan fingerprint density at radius 1 is 1.55 bits per heavy atom. The van der Waals surface area contributed by atoms with Crippen LogP contribution in [0.3, 0.4) is 0 Å². The molecule has 0 spiro atoms. The first-order chi connectivity index (χ1) is 4.89. The minimum Gasteiger partial charge on any atom is -0.280 e. The molecule has 0 amide bonds. The van der Waals surface area contributed by atoms with Crippen LogP contribution in [0.5, 0.6) is 0 Å². The van der Waals surface area contributed by atoms with Gasteiger partial charge in [0.1, 0.15) is 5.25 Å². The van der Waals surface area contributed by atoms with Gasteiger partial charge in [-0.1, -0.05) is 13.3 Å². The highest BCUT2D eigenvalue weighted by atomic mass is 35.7. The van der Waals surface area contributed by atoms with E-state index in [1.165, 1.54) is 0 Å². The van der Waals surface area contributed by atoms with Crippen LogP contribution in [0.2, 0.25) is 0 Å². The monoisotopic (exact) mass is 218 g/mol. The summed E-state index contributed by atoms with van der Waals surface area (Å²) >= 11 is 5.00. The van der Waals surface area contributed by atoms with Gasteiger partial charge >= 0.3 is 0 Å². The maximum Gasteiger partial charge on any atom is 0.243 e. The topological polar surface area (TPSA) is 51.2 Å². The van der Waals surface area contributed by atoms with E-state index in [0.29, 0.717) is 6.42 Å². The normalized spacial score (nSPS) is 14.5. The Kier molecular flexibility index (Phi) is 4.36. The van der Waals surface area contributed by atoms with Crippen LogP contribution in [0, 0.1) is 0 Å². The summed E-state index contributed by atoms with van der Waals surface area (Å²) in [4.78, 5) is 10.5. The second-order valence-electron chi connectivity index (χ2n) is 2.06. The molecule has 66 valence electrons. The lowest BCUT2D eigenvalue weighted by molar-refractivity contribution is -0.111. The van der Waals surface area contributed by atoms with E-state index in [0.717, 1.165) is 0 Å². The molecule has 0 radical (unpaired) electrons. The van der Waals surface area contributed by atoms with Crippen LogP contribution in [-0.2, 0) is 13.8 Å². The Bertz CT molecular complexity index is 234. The van der Waals surface area contributed by atoms with E-state index in [4.69, 9.17) is 22.3 Å². The van der Waals surface area contributed by atoms with Crippen molar-refractivity contribution in [3.05, 3.63) is 0 Å². The molecule has 11 heavy (non-hydrogen) atoms. The molecule has 1 unspecified atom stereocenters. The molecule has 0 fully saturated rings. The highest BCUT2D eigenvalue weighted by Crippen LogP contribution is 2.15. The van der Waals surface area contributed by atoms with Gasteiger partial charge in [-0.05, 0) is 18.0 Å². The summed E-state index contributed by atoms with van der Waals surface area (Å²) in [6.45, 7) is 1.74. The average Bonchev–Trinajstić information content (AvgIpc) is 1.79. The van der Waals surface area contributed by atoms with Gasteiger partial charge in [-0.2, -0.15) is 0 Å². The number of halogens is 2. The molecule has 0 aliphatic rings. The summed E-state index contributed by atoms with van der Waals surface area (Å²) < 4.78 is 21.2. The summed E-state index contributed by atoms with van der Waals surface area (Å²) in [5, 5.41) is -2.17. The van der Waals surface area contributed by atoms with Crippen molar-refractivity contribution >= 4 is 36.6 Å². The lowest BCUT2D eigenvalue weighted by atomic mass is 10.3. The molecule has 0 saturated heterocycles. The third-order valence-electron chi connectivity index (χ3n) is 1.14. The van der Waals surface area contributed by atoms with Crippen molar-refractivity contribution in [3.8, 4) is 0 Å². The first-order valence-corrected chi connectivity index (χ1v) is 5.77. The summed E-state index contributed by atoms with van der Waals surface area (Å²) in [6, 6.07) is 0. The standard InChI is InChI=1S/C5H8Cl2O3S/c1-2-3-4(5(6)8)11(7,9)10/h4H,2-3H2,1H3. The van der Waals surface area contributed by atoms with E-state index in [1.807, 2.05) is 0 Å². The van der Waals surface area contributed by atoms with Crippen molar-refractivity contribution in [1.82, 2.24) is 0 Å². The molecule has 0 saturated carbocycles. The Morgan fingerprint density at radius 3 is 2.09 bits per heavy atom. The van der Waals surface area contributed by atoms with Crippen LogP contribution in [0.15, 0.2) is 0 Å². The van der Waals surface area contributed by atoms with Crippen molar-refractivity contribution < 1.29 is 13.2 Å². The van der Waals surface area contributed by atoms with Crippen LogP contribution in [0.25, 0.3) is 0 Å². The summed E-state index contributed by atoms with van der Waals surface area (Å²) in [7, 11) is 1.10. The molecule has 0 aromatic heterocycles. The number of hydrogen-bond acceptors (Lipinski definition) is 3. The van der Waals surface area contributed by atoms with Gasteiger partial charge in [-0.3, -0.25) is 4.79 Å². The Labute approximate surface area is 75.1 Å². The fraction of sp³-hybridized carbons (Fsp3) is 0.800. The third kappa shape index (κ3) is 3.94. The lowest BCUT2D eigenvalue weighted by Crippen LogP contribution is -2.22. The number of carbonyl (C=O) groups excluding carboxylic acids is 1. The van der Waals surface area contributed by atoms with Crippen LogP contribution in [-0.4, -0.2) is 18.9 Å². The molecule has 1 atom stereocenters. The minimum absolute atomic E-state index is 0.175. The fourth-order valence-corrected chi connectivity index (χ4v) is 2.47. The largest absolute Gasteiger partial charge is 0.280 e. The molecular weight excluding hydrogens is 211 g/mol. The molecular formula is C5H8Cl2O3S. The molecule has 0 aliphatic carbocycles. The Morgan fingerprint density at radius 2 is 2.00 bits per heavy atom. The van der Waals surface area contributed by atoms with Crippen molar-refractivity contribution in [2.45, 2.75) is 25.0 Å². The molecule has 0 rings (SSSR count).